The Bertz CT molecular complexity index is 1320. The second-order valence-corrected chi connectivity index (χ2v) is 8.03. The summed E-state index contributed by atoms with van der Waals surface area (Å²) in [5.74, 6) is 0.232. The van der Waals surface area contributed by atoms with Crippen LogP contribution in [0, 0.1) is 0 Å². The molecule has 0 aliphatic carbocycles. The van der Waals surface area contributed by atoms with E-state index in [0.717, 1.165) is 16.9 Å². The third-order valence-corrected chi connectivity index (χ3v) is 5.32. The zero-order valence-electron chi connectivity index (χ0n) is 17.2. The van der Waals surface area contributed by atoms with Crippen LogP contribution in [0.3, 0.4) is 0 Å². The van der Waals surface area contributed by atoms with E-state index in [-0.39, 0.29) is 11.8 Å². The smallest absolute Gasteiger partial charge is 0.420 e. The molecule has 0 radical (unpaired) electrons. The first-order chi connectivity index (χ1) is 15.8. The summed E-state index contributed by atoms with van der Waals surface area (Å²) in [5.41, 5.74) is -0.106. The third kappa shape index (κ3) is 4.27. The maximum absolute atomic E-state index is 13.0. The lowest BCUT2D eigenvalue weighted by Crippen LogP contribution is -2.21. The van der Waals surface area contributed by atoms with Gasteiger partial charge in [-0.25, -0.2) is 4.98 Å². The number of aromatic nitrogens is 3. The number of benzene rings is 2. The van der Waals surface area contributed by atoms with Crippen molar-refractivity contribution in [3.8, 4) is 16.9 Å². The molecule has 170 valence electrons. The Labute approximate surface area is 191 Å². The third-order valence-electron chi connectivity index (χ3n) is 5.24. The predicted molar refractivity (Wildman–Crippen MR) is 115 cm³/mol. The van der Waals surface area contributed by atoms with Gasteiger partial charge < -0.3 is 23.9 Å². The van der Waals surface area contributed by atoms with Crippen LogP contribution in [-0.2, 0) is 11.3 Å². The van der Waals surface area contributed by atoms with Gasteiger partial charge in [0, 0.05) is 34.0 Å². The van der Waals surface area contributed by atoms with E-state index in [1.165, 1.54) is 30.5 Å². The van der Waals surface area contributed by atoms with Crippen molar-refractivity contribution in [3.63, 3.8) is 0 Å². The summed E-state index contributed by atoms with van der Waals surface area (Å²) in [6.07, 6.45) is 3.08. The van der Waals surface area contributed by atoms with Gasteiger partial charge in [0.25, 0.3) is 5.91 Å². The van der Waals surface area contributed by atoms with Crippen molar-refractivity contribution in [3.05, 3.63) is 60.2 Å². The molecule has 0 saturated heterocycles. The van der Waals surface area contributed by atoms with Crippen molar-refractivity contribution in [2.45, 2.75) is 25.1 Å². The van der Waals surface area contributed by atoms with Crippen LogP contribution in [0.4, 0.5) is 14.5 Å². The number of anilines is 1. The van der Waals surface area contributed by atoms with E-state index in [4.69, 9.17) is 20.9 Å². The van der Waals surface area contributed by atoms with Gasteiger partial charge in [0.1, 0.15) is 24.4 Å². The number of imidazole rings is 1. The van der Waals surface area contributed by atoms with E-state index in [0.29, 0.717) is 35.5 Å². The van der Waals surface area contributed by atoms with Crippen molar-refractivity contribution in [2.24, 2.45) is 0 Å². The van der Waals surface area contributed by atoms with E-state index in [1.54, 1.807) is 18.3 Å². The van der Waals surface area contributed by atoms with Crippen LogP contribution in [0.1, 0.15) is 29.1 Å². The number of hydrogen-bond acceptors (Lipinski definition) is 6. The molecule has 0 spiro atoms. The number of fused-ring (bicyclic) bond motifs is 3. The maximum atomic E-state index is 13.0. The highest BCUT2D eigenvalue weighted by Crippen LogP contribution is 2.35. The molecule has 1 atom stereocenters. The highest BCUT2D eigenvalue weighted by atomic mass is 35.5. The molecule has 1 N–H and O–H groups in total. The second kappa shape index (κ2) is 8.13. The summed E-state index contributed by atoms with van der Waals surface area (Å²) in [7, 11) is 0. The lowest BCUT2D eigenvalue weighted by Gasteiger charge is -2.23. The molecular formula is C22H17ClF2N4O4. The first kappa shape index (κ1) is 21.4. The van der Waals surface area contributed by atoms with Crippen molar-refractivity contribution in [2.75, 3.05) is 11.9 Å². The van der Waals surface area contributed by atoms with Crippen LogP contribution in [-0.4, -0.2) is 32.8 Å². The van der Waals surface area contributed by atoms with Crippen LogP contribution in [0.15, 0.2) is 53.4 Å². The average Bonchev–Trinajstić information content (AvgIpc) is 3.41. The molecule has 3 heterocycles. The summed E-state index contributed by atoms with van der Waals surface area (Å²) in [6.45, 7) is 2.97. The topological polar surface area (TPSA) is 91.4 Å². The quantitative estimate of drug-likeness (QED) is 0.400. The Hall–Kier alpha value is -3.50. The van der Waals surface area contributed by atoms with Gasteiger partial charge in [-0.15, -0.1) is 8.78 Å². The average molecular weight is 475 g/mol. The summed E-state index contributed by atoms with van der Waals surface area (Å²) in [5, 5.41) is 6.53. The van der Waals surface area contributed by atoms with Crippen molar-refractivity contribution in [1.29, 1.82) is 0 Å². The number of nitrogens with one attached hydrogen (secondary N) is 1. The molecular weight excluding hydrogens is 458 g/mol. The van der Waals surface area contributed by atoms with Crippen LogP contribution in [0.5, 0.6) is 5.75 Å². The molecule has 1 aliphatic rings. The van der Waals surface area contributed by atoms with Gasteiger partial charge in [-0.05, 0) is 43.3 Å². The molecule has 5 rings (SSSR count). The fourth-order valence-corrected chi connectivity index (χ4v) is 3.97. The molecule has 2 aromatic carbocycles. The molecule has 2 aromatic heterocycles. The van der Waals surface area contributed by atoms with E-state index >= 15 is 0 Å². The molecule has 1 amide bonds. The Kier molecular flexibility index (Phi) is 5.26. The van der Waals surface area contributed by atoms with Crippen LogP contribution in [0.25, 0.3) is 22.2 Å². The molecule has 4 aromatic rings. The number of halogens is 3. The first-order valence-corrected chi connectivity index (χ1v) is 10.4. The minimum absolute atomic E-state index is 0.0677. The standard InChI is InChI=1S/C22H17ClF2N4O4/c1-12-9-31-11-19-28-18-7-13(6-17(20(18)29(12)19)14-8-26-32-10-14)21(30)27-15-2-4-16(5-3-15)33-22(23,24)25/h2-8,10,12H,9,11H2,1H3,(H,27,30)/t12-/m1/s1. The number of nitrogens with zero attached hydrogens (tertiary/aromatic N) is 3. The van der Waals surface area contributed by atoms with Crippen molar-refractivity contribution < 1.29 is 27.6 Å². The summed E-state index contributed by atoms with van der Waals surface area (Å²) in [6, 6.07) is 8.94. The van der Waals surface area contributed by atoms with Gasteiger partial charge in [-0.1, -0.05) is 5.16 Å². The Morgan fingerprint density at radius 3 is 2.79 bits per heavy atom. The Morgan fingerprint density at radius 2 is 2.09 bits per heavy atom. The van der Waals surface area contributed by atoms with E-state index in [9.17, 15) is 13.6 Å². The summed E-state index contributed by atoms with van der Waals surface area (Å²) >= 11 is 4.77. The highest BCUT2D eigenvalue weighted by Gasteiger charge is 2.28. The zero-order valence-corrected chi connectivity index (χ0v) is 18.0. The first-order valence-electron chi connectivity index (χ1n) is 9.98. The number of hydrogen-bond donors (Lipinski definition) is 1. The lowest BCUT2D eigenvalue weighted by atomic mass is 10.0. The Balaban J connectivity index is 1.50. The van der Waals surface area contributed by atoms with Crippen LogP contribution < -0.4 is 10.1 Å². The minimum atomic E-state index is -3.81. The lowest BCUT2D eigenvalue weighted by molar-refractivity contribution is -0.0964. The molecule has 0 saturated carbocycles. The minimum Gasteiger partial charge on any atom is -0.420 e. The predicted octanol–water partition coefficient (Wildman–Crippen LogP) is 5.20. The van der Waals surface area contributed by atoms with Crippen molar-refractivity contribution in [1.82, 2.24) is 14.7 Å². The van der Waals surface area contributed by atoms with Crippen molar-refractivity contribution >= 4 is 34.2 Å². The molecule has 33 heavy (non-hydrogen) atoms. The molecule has 0 fully saturated rings. The fourth-order valence-electron chi connectivity index (χ4n) is 3.88. The second-order valence-electron chi connectivity index (χ2n) is 7.59. The summed E-state index contributed by atoms with van der Waals surface area (Å²) in [4.78, 5) is 17.7. The van der Waals surface area contributed by atoms with Gasteiger partial charge in [0.2, 0.25) is 0 Å². The number of alkyl halides is 3. The molecule has 0 bridgehead atoms. The molecule has 0 unspecified atom stereocenters. The number of rotatable bonds is 5. The number of carbonyl (C=O) groups excluding carboxylic acids is 1. The van der Waals surface area contributed by atoms with E-state index < -0.39 is 11.5 Å². The van der Waals surface area contributed by atoms with E-state index in [2.05, 4.69) is 24.8 Å². The number of carbonyl (C=O) groups is 1. The summed E-state index contributed by atoms with van der Waals surface area (Å²) < 4.78 is 42.6. The largest absolute Gasteiger partial charge is 0.487 e. The van der Waals surface area contributed by atoms with Gasteiger partial charge >= 0.3 is 5.57 Å². The fraction of sp³-hybridized carbons (Fsp3) is 0.227. The SMILES string of the molecule is C[C@@H]1COCc2nc3cc(C(=O)Nc4ccc(OC(F)(F)Cl)cc4)cc(-c4cnoc4)c3n21. The van der Waals surface area contributed by atoms with Gasteiger partial charge in [0.05, 0.1) is 29.9 Å². The Morgan fingerprint density at radius 1 is 1.30 bits per heavy atom. The maximum Gasteiger partial charge on any atom is 0.487 e. The number of ether oxygens (including phenoxy) is 2. The van der Waals surface area contributed by atoms with Gasteiger partial charge in [0.15, 0.2) is 0 Å². The van der Waals surface area contributed by atoms with Gasteiger partial charge in [-0.2, -0.15) is 0 Å². The highest BCUT2D eigenvalue weighted by molar-refractivity contribution is 6.20. The monoisotopic (exact) mass is 474 g/mol. The molecule has 8 nitrogen and oxygen atoms in total. The molecule has 11 heteroatoms. The molecule has 1 aliphatic heterocycles. The van der Waals surface area contributed by atoms with Gasteiger partial charge in [-0.3, -0.25) is 4.79 Å². The zero-order chi connectivity index (χ0) is 23.2. The number of amides is 1. The van der Waals surface area contributed by atoms with Crippen LogP contribution >= 0.6 is 11.6 Å². The van der Waals surface area contributed by atoms with E-state index in [1.807, 2.05) is 6.92 Å². The van der Waals surface area contributed by atoms with Crippen LogP contribution in [0.2, 0.25) is 0 Å². The normalized spacial score (nSPS) is 15.9.